The molecule has 0 saturated carbocycles. The number of ether oxygens (including phenoxy) is 1. The molecule has 0 unspecified atom stereocenters. The highest BCUT2D eigenvalue weighted by atomic mass is 32.2. The van der Waals surface area contributed by atoms with Crippen LogP contribution in [0.4, 0.5) is 0 Å². The monoisotopic (exact) mass is 473 g/mol. The predicted molar refractivity (Wildman–Crippen MR) is 130 cm³/mol. The van der Waals surface area contributed by atoms with Gasteiger partial charge in [0.2, 0.25) is 5.91 Å². The van der Waals surface area contributed by atoms with E-state index in [9.17, 15) is 4.79 Å². The van der Waals surface area contributed by atoms with Crippen LogP contribution in [0.2, 0.25) is 0 Å². The molecule has 3 rings (SSSR count). The zero-order valence-electron chi connectivity index (χ0n) is 18.0. The average molecular weight is 474 g/mol. The Kier molecular flexibility index (Phi) is 9.24. The maximum Gasteiger partial charge on any atom is 0.233 e. The molecule has 5 nitrogen and oxygen atoms in total. The topological polar surface area (TPSA) is 55.3 Å². The zero-order valence-corrected chi connectivity index (χ0v) is 20.5. The SMILES string of the molecule is CCCN(Cc1ccc(C)cc1)C(=O)CSc1nnc(SCc2ccc(OC)cc2)s1. The van der Waals surface area contributed by atoms with Gasteiger partial charge in [0.05, 0.1) is 12.9 Å². The van der Waals surface area contributed by atoms with E-state index in [1.54, 1.807) is 30.2 Å². The molecule has 0 bridgehead atoms. The molecule has 164 valence electrons. The number of hydrogen-bond donors (Lipinski definition) is 0. The molecule has 0 fully saturated rings. The highest BCUT2D eigenvalue weighted by Crippen LogP contribution is 2.31. The third kappa shape index (κ3) is 7.55. The number of methoxy groups -OCH3 is 1. The molecule has 0 radical (unpaired) electrons. The van der Waals surface area contributed by atoms with Gasteiger partial charge in [0.1, 0.15) is 5.75 Å². The number of amides is 1. The van der Waals surface area contributed by atoms with Gasteiger partial charge in [-0.25, -0.2) is 0 Å². The van der Waals surface area contributed by atoms with Crippen LogP contribution in [0.1, 0.15) is 30.0 Å². The largest absolute Gasteiger partial charge is 0.497 e. The second-order valence-corrected chi connectivity index (χ2v) is 10.5. The molecule has 0 atom stereocenters. The van der Waals surface area contributed by atoms with Gasteiger partial charge >= 0.3 is 0 Å². The second-order valence-electron chi connectivity index (χ2n) is 7.06. The number of hydrogen-bond acceptors (Lipinski definition) is 7. The van der Waals surface area contributed by atoms with Crippen LogP contribution in [0.3, 0.4) is 0 Å². The van der Waals surface area contributed by atoms with Crippen LogP contribution < -0.4 is 4.74 Å². The van der Waals surface area contributed by atoms with Gasteiger partial charge in [-0.1, -0.05) is 83.7 Å². The highest BCUT2D eigenvalue weighted by Gasteiger charge is 2.15. The summed E-state index contributed by atoms with van der Waals surface area (Å²) in [4.78, 5) is 14.7. The van der Waals surface area contributed by atoms with Gasteiger partial charge in [-0.15, -0.1) is 10.2 Å². The lowest BCUT2D eigenvalue weighted by molar-refractivity contribution is -0.129. The highest BCUT2D eigenvalue weighted by molar-refractivity contribution is 8.03. The van der Waals surface area contributed by atoms with Crippen molar-refractivity contribution in [2.45, 2.75) is 41.2 Å². The quantitative estimate of drug-likeness (QED) is 0.334. The lowest BCUT2D eigenvalue weighted by Crippen LogP contribution is -2.32. The molecule has 0 N–H and O–H groups in total. The van der Waals surface area contributed by atoms with E-state index in [1.807, 2.05) is 17.0 Å². The van der Waals surface area contributed by atoms with Gasteiger partial charge in [0.15, 0.2) is 8.68 Å². The van der Waals surface area contributed by atoms with Crippen LogP contribution in [-0.2, 0) is 17.1 Å². The number of carbonyl (C=O) groups excluding carboxylic acids is 1. The van der Waals surface area contributed by atoms with Crippen molar-refractivity contribution < 1.29 is 9.53 Å². The van der Waals surface area contributed by atoms with E-state index in [4.69, 9.17) is 4.74 Å². The lowest BCUT2D eigenvalue weighted by atomic mass is 10.1. The molecular formula is C23H27N3O2S3. The van der Waals surface area contributed by atoms with Gasteiger partial charge in [-0.05, 0) is 36.6 Å². The molecule has 1 heterocycles. The fourth-order valence-corrected chi connectivity index (χ4v) is 5.75. The average Bonchev–Trinajstić information content (AvgIpc) is 3.25. The van der Waals surface area contributed by atoms with E-state index in [2.05, 4.69) is 60.4 Å². The third-order valence-corrected chi connectivity index (χ3v) is 7.81. The van der Waals surface area contributed by atoms with Crippen molar-refractivity contribution in [2.75, 3.05) is 19.4 Å². The van der Waals surface area contributed by atoms with E-state index in [-0.39, 0.29) is 5.91 Å². The fourth-order valence-electron chi connectivity index (χ4n) is 2.87. The molecule has 31 heavy (non-hydrogen) atoms. The molecule has 8 heteroatoms. The van der Waals surface area contributed by atoms with E-state index in [0.29, 0.717) is 12.3 Å². The van der Waals surface area contributed by atoms with Crippen molar-refractivity contribution in [1.82, 2.24) is 15.1 Å². The Balaban J connectivity index is 1.49. The number of rotatable bonds is 11. The zero-order chi connectivity index (χ0) is 22.1. The molecular weight excluding hydrogens is 446 g/mol. The summed E-state index contributed by atoms with van der Waals surface area (Å²) in [5.41, 5.74) is 3.59. The van der Waals surface area contributed by atoms with E-state index in [1.165, 1.54) is 22.9 Å². The van der Waals surface area contributed by atoms with Crippen molar-refractivity contribution in [3.05, 3.63) is 65.2 Å². The number of carbonyl (C=O) groups is 1. The Morgan fingerprint density at radius 1 is 1.00 bits per heavy atom. The molecule has 0 aliphatic heterocycles. The van der Waals surface area contributed by atoms with Crippen LogP contribution in [0, 0.1) is 6.92 Å². The number of nitrogens with zero attached hydrogens (tertiary/aromatic N) is 3. The molecule has 0 aliphatic carbocycles. The van der Waals surface area contributed by atoms with Crippen molar-refractivity contribution in [1.29, 1.82) is 0 Å². The van der Waals surface area contributed by atoms with E-state index >= 15 is 0 Å². The van der Waals surface area contributed by atoms with Gasteiger partial charge in [0, 0.05) is 18.8 Å². The fraction of sp³-hybridized carbons (Fsp3) is 0.348. The summed E-state index contributed by atoms with van der Waals surface area (Å²) in [5.74, 6) is 2.19. The standard InChI is InChI=1S/C23H27N3O2S3/c1-4-13-26(14-18-7-5-17(2)6-8-18)21(27)16-30-23-25-24-22(31-23)29-15-19-9-11-20(28-3)12-10-19/h5-12H,4,13-16H2,1-3H3. The van der Waals surface area contributed by atoms with Crippen LogP contribution in [0.25, 0.3) is 0 Å². The summed E-state index contributed by atoms with van der Waals surface area (Å²) in [7, 11) is 1.67. The van der Waals surface area contributed by atoms with Gasteiger partial charge in [-0.3, -0.25) is 4.79 Å². The number of thioether (sulfide) groups is 2. The number of benzene rings is 2. The van der Waals surface area contributed by atoms with Gasteiger partial charge in [-0.2, -0.15) is 0 Å². The van der Waals surface area contributed by atoms with Crippen molar-refractivity contribution in [2.24, 2.45) is 0 Å². The summed E-state index contributed by atoms with van der Waals surface area (Å²) in [6, 6.07) is 16.4. The van der Waals surface area contributed by atoms with Crippen molar-refractivity contribution in [3.63, 3.8) is 0 Å². The van der Waals surface area contributed by atoms with Crippen LogP contribution in [-0.4, -0.2) is 40.4 Å². The van der Waals surface area contributed by atoms with Crippen LogP contribution in [0.15, 0.2) is 57.2 Å². The second kappa shape index (κ2) is 12.1. The Bertz CT molecular complexity index is 959. The predicted octanol–water partition coefficient (Wildman–Crippen LogP) is 5.68. The Morgan fingerprint density at radius 3 is 2.29 bits per heavy atom. The van der Waals surface area contributed by atoms with Crippen LogP contribution >= 0.6 is 34.9 Å². The van der Waals surface area contributed by atoms with Crippen molar-refractivity contribution >= 4 is 40.8 Å². The van der Waals surface area contributed by atoms with Gasteiger partial charge in [0.25, 0.3) is 0 Å². The van der Waals surface area contributed by atoms with Crippen LogP contribution in [0.5, 0.6) is 5.75 Å². The Labute approximate surface area is 196 Å². The molecule has 0 spiro atoms. The normalized spacial score (nSPS) is 10.8. The molecule has 0 aliphatic rings. The number of aryl methyl sites for hydroxylation is 1. The summed E-state index contributed by atoms with van der Waals surface area (Å²) >= 11 is 4.66. The summed E-state index contributed by atoms with van der Waals surface area (Å²) in [6.07, 6.45) is 0.938. The summed E-state index contributed by atoms with van der Waals surface area (Å²) < 4.78 is 6.93. The first-order valence-electron chi connectivity index (χ1n) is 10.1. The lowest BCUT2D eigenvalue weighted by Gasteiger charge is -2.22. The first kappa shape index (κ1) is 23.6. The molecule has 3 aromatic rings. The summed E-state index contributed by atoms with van der Waals surface area (Å²) in [6.45, 7) is 5.57. The third-order valence-electron chi connectivity index (χ3n) is 4.57. The molecule has 2 aromatic carbocycles. The van der Waals surface area contributed by atoms with E-state index in [0.717, 1.165) is 38.7 Å². The maximum atomic E-state index is 12.8. The first-order valence-corrected chi connectivity index (χ1v) is 12.9. The minimum Gasteiger partial charge on any atom is -0.497 e. The number of aromatic nitrogens is 2. The smallest absolute Gasteiger partial charge is 0.233 e. The summed E-state index contributed by atoms with van der Waals surface area (Å²) in [5, 5.41) is 8.51. The molecule has 1 amide bonds. The Morgan fingerprint density at radius 2 is 1.65 bits per heavy atom. The van der Waals surface area contributed by atoms with E-state index < -0.39 is 0 Å². The molecule has 1 aromatic heterocycles. The minimum atomic E-state index is 0.134. The van der Waals surface area contributed by atoms with Crippen molar-refractivity contribution in [3.8, 4) is 5.75 Å². The maximum absolute atomic E-state index is 12.8. The first-order chi connectivity index (χ1) is 15.1. The molecule has 0 saturated heterocycles. The van der Waals surface area contributed by atoms with Gasteiger partial charge < -0.3 is 9.64 Å². The Hall–Kier alpha value is -2.03. The minimum absolute atomic E-state index is 0.134.